The number of hydrogen-bond donors (Lipinski definition) is 1. The topological polar surface area (TPSA) is 78.8 Å². The van der Waals surface area contributed by atoms with Crippen LogP contribution in [0.2, 0.25) is 0 Å². The Bertz CT molecular complexity index is 982. The van der Waals surface area contributed by atoms with Crippen molar-refractivity contribution in [3.8, 4) is 0 Å². The van der Waals surface area contributed by atoms with Gasteiger partial charge in [0.1, 0.15) is 11.9 Å². The van der Waals surface area contributed by atoms with Crippen LogP contribution < -0.4 is 4.72 Å². The molecule has 0 bridgehead atoms. The second kappa shape index (κ2) is 7.52. The molecule has 1 heterocycles. The normalized spacial score (nSPS) is 17.2. The number of sulfonamides is 1. The highest BCUT2D eigenvalue weighted by Crippen LogP contribution is 2.22. The molecule has 0 saturated carbocycles. The summed E-state index contributed by atoms with van der Waals surface area (Å²) in [6, 6.07) is 14.1. The van der Waals surface area contributed by atoms with Crippen molar-refractivity contribution in [1.29, 1.82) is 0 Å². The Kier molecular flexibility index (Phi) is 5.32. The van der Waals surface area contributed by atoms with Gasteiger partial charge in [-0.2, -0.15) is 0 Å². The van der Waals surface area contributed by atoms with Gasteiger partial charge >= 0.3 is 0 Å². The Hall–Kier alpha value is -2.67. The highest BCUT2D eigenvalue weighted by atomic mass is 32.2. The van der Waals surface area contributed by atoms with Gasteiger partial charge in [-0.3, -0.25) is 14.5 Å². The molecule has 0 fully saturated rings. The Morgan fingerprint density at radius 1 is 1.11 bits per heavy atom. The van der Waals surface area contributed by atoms with Crippen LogP contribution in [0.4, 0.5) is 0 Å². The summed E-state index contributed by atoms with van der Waals surface area (Å²) in [5.41, 5.74) is 2.78. The van der Waals surface area contributed by atoms with E-state index in [1.165, 1.54) is 11.6 Å². The molecule has 7 heteroatoms. The number of likely N-dealkylation sites (N-methyl/N-ethyl adjacent to an activating group) is 1. The molecule has 1 aliphatic heterocycles. The molecule has 0 radical (unpaired) electrons. The molecule has 6 nitrogen and oxygen atoms in total. The quantitative estimate of drug-likeness (QED) is 0.858. The lowest BCUT2D eigenvalue weighted by molar-refractivity contribution is -0.131. The van der Waals surface area contributed by atoms with E-state index >= 15 is 0 Å². The molecule has 27 heavy (non-hydrogen) atoms. The molecule has 142 valence electrons. The third-order valence-corrected chi connectivity index (χ3v) is 5.97. The standard InChI is InChI=1S/C20H23N3O3S/c1-4-15-9-11-16(12-10-15)13-23(3)20(24)14(2)21-19-17-7-5-6-8-18(17)27(25,26)22-19/h5-12,14H,4,13H2,1-3H3,(H,21,22). The first-order valence-electron chi connectivity index (χ1n) is 8.84. The lowest BCUT2D eigenvalue weighted by Crippen LogP contribution is -2.35. The van der Waals surface area contributed by atoms with Crippen molar-refractivity contribution in [2.24, 2.45) is 4.99 Å². The molecule has 1 aliphatic rings. The summed E-state index contributed by atoms with van der Waals surface area (Å²) >= 11 is 0. The number of benzene rings is 2. The predicted molar refractivity (Wildman–Crippen MR) is 105 cm³/mol. The lowest BCUT2D eigenvalue weighted by Gasteiger charge is -2.20. The fourth-order valence-corrected chi connectivity index (χ4v) is 4.27. The summed E-state index contributed by atoms with van der Waals surface area (Å²) < 4.78 is 26.7. The Morgan fingerprint density at radius 3 is 2.41 bits per heavy atom. The summed E-state index contributed by atoms with van der Waals surface area (Å²) in [5.74, 6) is 0.0396. The summed E-state index contributed by atoms with van der Waals surface area (Å²) in [6.45, 7) is 4.24. The molecular formula is C20H23N3O3S. The molecule has 2 aromatic rings. The van der Waals surface area contributed by atoms with Crippen LogP contribution in [0.25, 0.3) is 0 Å². The number of amidine groups is 1. The van der Waals surface area contributed by atoms with E-state index < -0.39 is 16.1 Å². The van der Waals surface area contributed by atoms with Crippen LogP contribution in [0.3, 0.4) is 0 Å². The van der Waals surface area contributed by atoms with Gasteiger partial charge in [-0.25, -0.2) is 8.42 Å². The molecule has 1 unspecified atom stereocenters. The van der Waals surface area contributed by atoms with Crippen molar-refractivity contribution in [2.45, 2.75) is 37.8 Å². The number of carbonyl (C=O) groups is 1. The van der Waals surface area contributed by atoms with Crippen LogP contribution in [0.15, 0.2) is 58.4 Å². The number of aryl methyl sites for hydroxylation is 1. The summed E-state index contributed by atoms with van der Waals surface area (Å²) in [6.07, 6.45) is 0.973. The number of aliphatic imine (C=N–C) groups is 1. The fraction of sp³-hybridized carbons (Fsp3) is 0.300. The van der Waals surface area contributed by atoms with E-state index in [1.807, 2.05) is 12.1 Å². The zero-order chi connectivity index (χ0) is 19.6. The van der Waals surface area contributed by atoms with Crippen LogP contribution in [0, 0.1) is 0 Å². The van der Waals surface area contributed by atoms with Crippen LogP contribution in [-0.4, -0.2) is 38.2 Å². The SMILES string of the molecule is CCc1ccc(CN(C)C(=O)C(C)N=C2NS(=O)(=O)c3ccccc32)cc1. The van der Waals surface area contributed by atoms with Crippen molar-refractivity contribution in [3.05, 3.63) is 65.2 Å². The molecule has 2 aromatic carbocycles. The van der Waals surface area contributed by atoms with Crippen molar-refractivity contribution in [1.82, 2.24) is 9.62 Å². The average Bonchev–Trinajstić information content (AvgIpc) is 2.92. The van der Waals surface area contributed by atoms with E-state index in [-0.39, 0.29) is 16.6 Å². The van der Waals surface area contributed by atoms with Gasteiger partial charge in [0, 0.05) is 19.2 Å². The fourth-order valence-electron chi connectivity index (χ4n) is 3.03. The molecule has 1 atom stereocenters. The molecule has 0 spiro atoms. The molecular weight excluding hydrogens is 362 g/mol. The van der Waals surface area contributed by atoms with Gasteiger partial charge in [0.05, 0.1) is 4.90 Å². The molecule has 1 N–H and O–H groups in total. The highest BCUT2D eigenvalue weighted by molar-refractivity contribution is 7.90. The first-order valence-corrected chi connectivity index (χ1v) is 10.3. The van der Waals surface area contributed by atoms with Gasteiger partial charge in [0.2, 0.25) is 5.91 Å². The second-order valence-corrected chi connectivity index (χ2v) is 8.27. The van der Waals surface area contributed by atoms with E-state index in [0.29, 0.717) is 12.1 Å². The predicted octanol–water partition coefficient (Wildman–Crippen LogP) is 2.33. The maximum absolute atomic E-state index is 12.7. The molecule has 0 saturated heterocycles. The highest BCUT2D eigenvalue weighted by Gasteiger charge is 2.31. The smallest absolute Gasteiger partial charge is 0.263 e. The largest absolute Gasteiger partial charge is 0.340 e. The van der Waals surface area contributed by atoms with Crippen molar-refractivity contribution < 1.29 is 13.2 Å². The minimum atomic E-state index is -3.61. The molecule has 3 rings (SSSR count). The van der Waals surface area contributed by atoms with Crippen LogP contribution >= 0.6 is 0 Å². The number of nitrogens with one attached hydrogen (secondary N) is 1. The van der Waals surface area contributed by atoms with Crippen LogP contribution in [0.5, 0.6) is 0 Å². The van der Waals surface area contributed by atoms with Gasteiger partial charge < -0.3 is 4.90 Å². The van der Waals surface area contributed by atoms with E-state index in [4.69, 9.17) is 0 Å². The van der Waals surface area contributed by atoms with Crippen LogP contribution in [0.1, 0.15) is 30.5 Å². The van der Waals surface area contributed by atoms with Crippen molar-refractivity contribution in [3.63, 3.8) is 0 Å². The summed E-state index contributed by atoms with van der Waals surface area (Å²) in [7, 11) is -1.89. The average molecular weight is 385 g/mol. The van der Waals surface area contributed by atoms with Gasteiger partial charge in [-0.15, -0.1) is 0 Å². The van der Waals surface area contributed by atoms with Gasteiger partial charge in [0.25, 0.3) is 10.0 Å². The number of nitrogens with zero attached hydrogens (tertiary/aromatic N) is 2. The van der Waals surface area contributed by atoms with Gasteiger partial charge in [0.15, 0.2) is 0 Å². The first-order chi connectivity index (χ1) is 12.8. The van der Waals surface area contributed by atoms with Crippen LogP contribution in [-0.2, 0) is 27.8 Å². The molecule has 1 amide bonds. The van der Waals surface area contributed by atoms with Crippen molar-refractivity contribution >= 4 is 21.8 Å². The molecule has 0 aromatic heterocycles. The number of carbonyl (C=O) groups excluding carboxylic acids is 1. The summed E-state index contributed by atoms with van der Waals surface area (Å²) in [4.78, 5) is 18.8. The minimum absolute atomic E-state index is 0.175. The number of amides is 1. The van der Waals surface area contributed by atoms with E-state index in [9.17, 15) is 13.2 Å². The zero-order valence-electron chi connectivity index (χ0n) is 15.6. The number of rotatable bonds is 5. The molecule has 0 aliphatic carbocycles. The third kappa shape index (κ3) is 4.03. The second-order valence-electron chi connectivity index (χ2n) is 6.62. The Morgan fingerprint density at radius 2 is 1.74 bits per heavy atom. The van der Waals surface area contributed by atoms with E-state index in [1.54, 1.807) is 37.1 Å². The van der Waals surface area contributed by atoms with Gasteiger partial charge in [-0.1, -0.05) is 43.3 Å². The monoisotopic (exact) mass is 385 g/mol. The van der Waals surface area contributed by atoms with Crippen molar-refractivity contribution in [2.75, 3.05) is 7.05 Å². The zero-order valence-corrected chi connectivity index (χ0v) is 16.5. The van der Waals surface area contributed by atoms with E-state index in [0.717, 1.165) is 12.0 Å². The van der Waals surface area contributed by atoms with E-state index in [2.05, 4.69) is 28.8 Å². The Balaban J connectivity index is 1.74. The minimum Gasteiger partial charge on any atom is -0.340 e. The maximum Gasteiger partial charge on any atom is 0.263 e. The Labute approximate surface area is 160 Å². The number of fused-ring (bicyclic) bond motifs is 1. The summed E-state index contributed by atoms with van der Waals surface area (Å²) in [5, 5.41) is 0. The number of hydrogen-bond acceptors (Lipinski definition) is 4. The maximum atomic E-state index is 12.7. The third-order valence-electron chi connectivity index (χ3n) is 4.57. The lowest BCUT2D eigenvalue weighted by atomic mass is 10.1. The first kappa shape index (κ1) is 19.1. The van der Waals surface area contributed by atoms with Gasteiger partial charge in [-0.05, 0) is 36.6 Å².